The van der Waals surface area contributed by atoms with Crippen molar-refractivity contribution in [3.05, 3.63) is 0 Å². The van der Waals surface area contributed by atoms with Crippen LogP contribution in [0.25, 0.3) is 0 Å². The van der Waals surface area contributed by atoms with Crippen LogP contribution in [-0.4, -0.2) is 54.1 Å². The Morgan fingerprint density at radius 3 is 2.21 bits per heavy atom. The van der Waals surface area contributed by atoms with Gasteiger partial charge in [-0.05, 0) is 40.5 Å². The number of nitrogens with one attached hydrogen (secondary N) is 2. The third-order valence-corrected chi connectivity index (χ3v) is 3.94. The highest BCUT2D eigenvalue weighted by Gasteiger charge is 2.40. The Balaban J connectivity index is 2.68. The molecular weight excluding hydrogens is 310 g/mol. The maximum absolute atomic E-state index is 12.4. The number of amides is 3. The molecule has 3 amide bonds. The van der Waals surface area contributed by atoms with Gasteiger partial charge in [0, 0.05) is 13.6 Å². The van der Waals surface area contributed by atoms with Crippen LogP contribution >= 0.6 is 0 Å². The molecule has 0 bridgehead atoms. The van der Waals surface area contributed by atoms with Crippen LogP contribution < -0.4 is 10.6 Å². The number of hydrogen-bond acceptors (Lipinski definition) is 4. The van der Waals surface area contributed by atoms with Crippen molar-refractivity contribution in [1.82, 2.24) is 15.5 Å². The molecule has 0 aromatic carbocycles. The second-order valence-electron chi connectivity index (χ2n) is 7.39. The number of likely N-dealkylation sites (N-methyl/N-ethyl adjacent to an activating group) is 2. The molecule has 2 N–H and O–H groups in total. The van der Waals surface area contributed by atoms with Crippen molar-refractivity contribution in [3.63, 3.8) is 0 Å². The molecule has 1 fully saturated rings. The minimum absolute atomic E-state index is 0.141. The highest BCUT2D eigenvalue weighted by Crippen LogP contribution is 2.28. The maximum Gasteiger partial charge on any atom is 0.410 e. The van der Waals surface area contributed by atoms with Crippen LogP contribution in [0.2, 0.25) is 0 Å². The van der Waals surface area contributed by atoms with E-state index < -0.39 is 17.2 Å². The van der Waals surface area contributed by atoms with Crippen LogP contribution in [0.1, 0.15) is 59.8 Å². The molecule has 0 aliphatic heterocycles. The Labute approximate surface area is 144 Å². The van der Waals surface area contributed by atoms with E-state index in [1.807, 2.05) is 6.92 Å². The van der Waals surface area contributed by atoms with E-state index in [-0.39, 0.29) is 18.4 Å². The fourth-order valence-electron chi connectivity index (χ4n) is 2.82. The van der Waals surface area contributed by atoms with Crippen molar-refractivity contribution in [2.24, 2.45) is 0 Å². The Hall–Kier alpha value is -1.79. The minimum Gasteiger partial charge on any atom is -0.444 e. The molecule has 7 nitrogen and oxygen atoms in total. The normalized spacial score (nSPS) is 16.9. The van der Waals surface area contributed by atoms with Crippen molar-refractivity contribution < 1.29 is 19.1 Å². The summed E-state index contributed by atoms with van der Waals surface area (Å²) in [6, 6.07) is 0. The number of nitrogens with zero attached hydrogens (tertiary/aromatic N) is 1. The quantitative estimate of drug-likeness (QED) is 0.798. The molecule has 1 aliphatic rings. The first-order valence-electron chi connectivity index (χ1n) is 8.63. The molecule has 7 heteroatoms. The number of ether oxygens (including phenoxy) is 1. The first-order chi connectivity index (χ1) is 11.1. The monoisotopic (exact) mass is 341 g/mol. The molecule has 0 unspecified atom stereocenters. The molecular formula is C17H31N3O4. The molecule has 0 saturated heterocycles. The highest BCUT2D eigenvalue weighted by atomic mass is 16.6. The first kappa shape index (κ1) is 20.3. The van der Waals surface area contributed by atoms with Crippen LogP contribution in [0, 0.1) is 0 Å². The Morgan fingerprint density at radius 2 is 1.71 bits per heavy atom. The summed E-state index contributed by atoms with van der Waals surface area (Å²) in [4.78, 5) is 38.0. The molecule has 0 spiro atoms. The minimum atomic E-state index is -0.861. The van der Waals surface area contributed by atoms with Gasteiger partial charge in [-0.25, -0.2) is 4.79 Å². The van der Waals surface area contributed by atoms with Crippen LogP contribution in [0.3, 0.4) is 0 Å². The number of carbonyl (C=O) groups is 3. The van der Waals surface area contributed by atoms with Gasteiger partial charge < -0.3 is 20.3 Å². The lowest BCUT2D eigenvalue weighted by atomic mass is 9.80. The molecule has 1 rings (SSSR count). The Bertz CT molecular complexity index is 465. The second kappa shape index (κ2) is 8.35. The van der Waals surface area contributed by atoms with Crippen molar-refractivity contribution in [1.29, 1.82) is 0 Å². The van der Waals surface area contributed by atoms with E-state index in [9.17, 15) is 14.4 Å². The number of carbonyl (C=O) groups excluding carboxylic acids is 3. The zero-order chi connectivity index (χ0) is 18.4. The third-order valence-electron chi connectivity index (χ3n) is 3.94. The molecule has 1 saturated carbocycles. The zero-order valence-corrected chi connectivity index (χ0v) is 15.5. The van der Waals surface area contributed by atoms with E-state index in [2.05, 4.69) is 10.6 Å². The molecule has 24 heavy (non-hydrogen) atoms. The maximum atomic E-state index is 12.4. The van der Waals surface area contributed by atoms with E-state index in [4.69, 9.17) is 4.74 Å². The predicted molar refractivity (Wildman–Crippen MR) is 91.5 cm³/mol. The fourth-order valence-corrected chi connectivity index (χ4v) is 2.82. The summed E-state index contributed by atoms with van der Waals surface area (Å²) < 4.78 is 5.23. The second-order valence-corrected chi connectivity index (χ2v) is 7.39. The zero-order valence-electron chi connectivity index (χ0n) is 15.5. The number of hydrogen-bond donors (Lipinski definition) is 2. The van der Waals surface area contributed by atoms with E-state index >= 15 is 0 Å². The van der Waals surface area contributed by atoms with Gasteiger partial charge in [0.05, 0.1) is 0 Å². The van der Waals surface area contributed by atoms with Crippen LogP contribution in [0.5, 0.6) is 0 Å². The summed E-state index contributed by atoms with van der Waals surface area (Å²) in [5.74, 6) is -0.491. The topological polar surface area (TPSA) is 87.7 Å². The summed E-state index contributed by atoms with van der Waals surface area (Å²) >= 11 is 0. The molecule has 0 aromatic heterocycles. The summed E-state index contributed by atoms with van der Waals surface area (Å²) in [6.45, 7) is 7.54. The van der Waals surface area contributed by atoms with Crippen molar-refractivity contribution >= 4 is 17.9 Å². The van der Waals surface area contributed by atoms with Gasteiger partial charge >= 0.3 is 6.09 Å². The highest BCUT2D eigenvalue weighted by molar-refractivity contribution is 5.92. The van der Waals surface area contributed by atoms with E-state index in [0.717, 1.165) is 19.3 Å². The predicted octanol–water partition coefficient (Wildman–Crippen LogP) is 1.81. The first-order valence-corrected chi connectivity index (χ1v) is 8.63. The largest absolute Gasteiger partial charge is 0.444 e. The van der Waals surface area contributed by atoms with Gasteiger partial charge in [0.1, 0.15) is 17.7 Å². The number of rotatable bonds is 5. The SMILES string of the molecule is CCNC(=O)C1(NC(=O)CN(C)C(=O)OC(C)(C)C)CCCCC1. The Morgan fingerprint density at radius 1 is 1.12 bits per heavy atom. The molecule has 0 aromatic rings. The van der Waals surface area contributed by atoms with Crippen molar-refractivity contribution in [2.45, 2.75) is 70.9 Å². The van der Waals surface area contributed by atoms with E-state index in [1.165, 1.54) is 11.9 Å². The summed E-state index contributed by atoms with van der Waals surface area (Å²) in [6.07, 6.45) is 3.56. The van der Waals surface area contributed by atoms with E-state index in [1.54, 1.807) is 20.8 Å². The van der Waals surface area contributed by atoms with Gasteiger partial charge in [-0.15, -0.1) is 0 Å². The molecule has 0 heterocycles. The molecule has 0 atom stereocenters. The third kappa shape index (κ3) is 6.02. The summed E-state index contributed by atoms with van der Waals surface area (Å²) in [5, 5.41) is 5.67. The lowest BCUT2D eigenvalue weighted by molar-refractivity contribution is -0.135. The Kier molecular flexibility index (Phi) is 7.05. The van der Waals surface area contributed by atoms with E-state index in [0.29, 0.717) is 19.4 Å². The smallest absolute Gasteiger partial charge is 0.410 e. The fraction of sp³-hybridized carbons (Fsp3) is 0.824. The average molecular weight is 341 g/mol. The lowest BCUT2D eigenvalue weighted by Crippen LogP contribution is -2.61. The van der Waals surface area contributed by atoms with Gasteiger partial charge in [-0.1, -0.05) is 19.3 Å². The summed E-state index contributed by atoms with van der Waals surface area (Å²) in [7, 11) is 1.51. The van der Waals surface area contributed by atoms with Crippen LogP contribution in [-0.2, 0) is 14.3 Å². The van der Waals surface area contributed by atoms with Gasteiger partial charge in [-0.3, -0.25) is 9.59 Å². The van der Waals surface area contributed by atoms with Gasteiger partial charge in [-0.2, -0.15) is 0 Å². The van der Waals surface area contributed by atoms with Crippen LogP contribution in [0.15, 0.2) is 0 Å². The van der Waals surface area contributed by atoms with Gasteiger partial charge in [0.25, 0.3) is 0 Å². The van der Waals surface area contributed by atoms with Crippen LogP contribution in [0.4, 0.5) is 4.79 Å². The average Bonchev–Trinajstić information content (AvgIpc) is 2.46. The van der Waals surface area contributed by atoms with Crippen molar-refractivity contribution in [3.8, 4) is 0 Å². The lowest BCUT2D eigenvalue weighted by Gasteiger charge is -2.37. The van der Waals surface area contributed by atoms with Gasteiger partial charge in [0.2, 0.25) is 11.8 Å². The molecule has 0 radical (unpaired) electrons. The molecule has 138 valence electrons. The summed E-state index contributed by atoms with van der Waals surface area (Å²) in [5.41, 5.74) is -1.48. The molecule has 1 aliphatic carbocycles. The van der Waals surface area contributed by atoms with Crippen molar-refractivity contribution in [2.75, 3.05) is 20.1 Å². The standard InChI is InChI=1S/C17H31N3O4/c1-6-18-14(22)17(10-8-7-9-11-17)19-13(21)12-20(5)15(23)24-16(2,3)4/h6-12H2,1-5H3,(H,18,22)(H,19,21). The van der Waals surface area contributed by atoms with Gasteiger partial charge in [0.15, 0.2) is 0 Å².